The van der Waals surface area contributed by atoms with Crippen LogP contribution >= 0.6 is 0 Å². The predicted octanol–water partition coefficient (Wildman–Crippen LogP) is 2.72. The number of aryl methyl sites for hydroxylation is 1. The van der Waals surface area contributed by atoms with Gasteiger partial charge >= 0.3 is 6.03 Å². The lowest BCUT2D eigenvalue weighted by atomic mass is 9.99. The lowest BCUT2D eigenvalue weighted by molar-refractivity contribution is 0.240. The fourth-order valence-electron chi connectivity index (χ4n) is 2.93. The Labute approximate surface area is 130 Å². The first-order valence-corrected chi connectivity index (χ1v) is 7.55. The molecule has 0 aliphatic heterocycles. The maximum Gasteiger partial charge on any atom is 0.319 e. The summed E-state index contributed by atoms with van der Waals surface area (Å²) in [7, 11) is 0. The van der Waals surface area contributed by atoms with Crippen LogP contribution in [0.3, 0.4) is 0 Å². The molecule has 1 aliphatic rings. The van der Waals surface area contributed by atoms with Gasteiger partial charge in [-0.15, -0.1) is 0 Å². The summed E-state index contributed by atoms with van der Waals surface area (Å²) in [6, 6.07) is 8.10. The third-order valence-corrected chi connectivity index (χ3v) is 3.97. The van der Waals surface area contributed by atoms with Gasteiger partial charge in [-0.25, -0.2) is 14.8 Å². The van der Waals surface area contributed by atoms with Crippen molar-refractivity contribution >= 4 is 11.7 Å². The molecule has 5 nitrogen and oxygen atoms in total. The van der Waals surface area contributed by atoms with Crippen molar-refractivity contribution in [2.75, 3.05) is 5.32 Å². The smallest absolute Gasteiger partial charge is 0.319 e. The Morgan fingerprint density at radius 1 is 1.18 bits per heavy atom. The summed E-state index contributed by atoms with van der Waals surface area (Å²) >= 11 is 0. The second kappa shape index (κ2) is 5.75. The molecule has 0 fully saturated rings. The molecule has 114 valence electrons. The quantitative estimate of drug-likeness (QED) is 0.915. The van der Waals surface area contributed by atoms with Gasteiger partial charge in [0.1, 0.15) is 5.82 Å². The van der Waals surface area contributed by atoms with Crippen LogP contribution in [-0.2, 0) is 19.3 Å². The topological polar surface area (TPSA) is 66.9 Å². The maximum absolute atomic E-state index is 12.2. The van der Waals surface area contributed by atoms with E-state index >= 15 is 0 Å². The van der Waals surface area contributed by atoms with Crippen LogP contribution < -0.4 is 10.6 Å². The minimum Gasteiger partial charge on any atom is -0.332 e. The van der Waals surface area contributed by atoms with Gasteiger partial charge in [-0.2, -0.15) is 0 Å². The van der Waals surface area contributed by atoms with E-state index in [0.29, 0.717) is 5.69 Å². The summed E-state index contributed by atoms with van der Waals surface area (Å²) < 4.78 is 0. The van der Waals surface area contributed by atoms with Crippen molar-refractivity contribution < 1.29 is 4.79 Å². The minimum absolute atomic E-state index is 0.219. The van der Waals surface area contributed by atoms with E-state index in [4.69, 9.17) is 0 Å². The number of rotatable bonds is 3. The van der Waals surface area contributed by atoms with Crippen molar-refractivity contribution in [1.29, 1.82) is 0 Å². The normalized spacial score (nSPS) is 15.2. The minimum atomic E-state index is -0.252. The molecule has 3 rings (SSSR count). The Balaban J connectivity index is 1.62. The number of hydrogen-bond acceptors (Lipinski definition) is 3. The van der Waals surface area contributed by atoms with Gasteiger partial charge < -0.3 is 10.6 Å². The number of fused-ring (bicyclic) bond motifs is 1. The number of benzene rings is 1. The van der Waals surface area contributed by atoms with E-state index in [-0.39, 0.29) is 11.6 Å². The van der Waals surface area contributed by atoms with E-state index in [1.165, 1.54) is 11.1 Å². The lowest BCUT2D eigenvalue weighted by Gasteiger charge is -2.25. The standard InChI is InChI=1S/C17H20N4O/c1-3-15-18-10-14(11-19-15)20-16(22)21-17(2)8-12-6-4-5-7-13(12)9-17/h4-7,10-11H,3,8-9H2,1-2H3,(H2,20,21,22). The molecule has 0 saturated carbocycles. The van der Waals surface area contributed by atoms with Crippen LogP contribution in [0, 0.1) is 0 Å². The summed E-state index contributed by atoms with van der Waals surface area (Å²) in [5, 5.41) is 5.87. The second-order valence-corrected chi connectivity index (χ2v) is 6.00. The van der Waals surface area contributed by atoms with Gasteiger partial charge in [0, 0.05) is 12.0 Å². The molecule has 0 saturated heterocycles. The van der Waals surface area contributed by atoms with E-state index in [9.17, 15) is 4.79 Å². The number of urea groups is 1. The number of nitrogens with one attached hydrogen (secondary N) is 2. The number of carbonyl (C=O) groups excluding carboxylic acids is 1. The monoisotopic (exact) mass is 296 g/mol. The molecule has 0 spiro atoms. The third kappa shape index (κ3) is 3.08. The van der Waals surface area contributed by atoms with E-state index in [2.05, 4.69) is 39.7 Å². The Kier molecular flexibility index (Phi) is 3.79. The van der Waals surface area contributed by atoms with E-state index in [1.807, 2.05) is 19.1 Å². The Bertz CT molecular complexity index is 656. The van der Waals surface area contributed by atoms with Crippen LogP contribution in [0.2, 0.25) is 0 Å². The van der Waals surface area contributed by atoms with Crippen molar-refractivity contribution in [3.63, 3.8) is 0 Å². The van der Waals surface area contributed by atoms with Crippen LogP contribution in [0.25, 0.3) is 0 Å². The Morgan fingerprint density at radius 2 is 1.77 bits per heavy atom. The average Bonchev–Trinajstić information content (AvgIpc) is 2.83. The van der Waals surface area contributed by atoms with E-state index in [1.54, 1.807) is 12.4 Å². The molecule has 1 aromatic carbocycles. The number of hydrogen-bond donors (Lipinski definition) is 2. The molecular formula is C17H20N4O. The molecule has 2 N–H and O–H groups in total. The van der Waals surface area contributed by atoms with Crippen LogP contribution in [0.1, 0.15) is 30.8 Å². The van der Waals surface area contributed by atoms with Gasteiger partial charge in [0.05, 0.1) is 18.1 Å². The zero-order chi connectivity index (χ0) is 15.6. The van der Waals surface area contributed by atoms with Crippen LogP contribution in [0.4, 0.5) is 10.5 Å². The molecule has 0 bridgehead atoms. The highest BCUT2D eigenvalue weighted by Gasteiger charge is 2.33. The maximum atomic E-state index is 12.2. The summed E-state index contributed by atoms with van der Waals surface area (Å²) in [4.78, 5) is 20.6. The fourth-order valence-corrected chi connectivity index (χ4v) is 2.93. The average molecular weight is 296 g/mol. The number of aromatic nitrogens is 2. The zero-order valence-electron chi connectivity index (χ0n) is 12.9. The highest BCUT2D eigenvalue weighted by molar-refractivity contribution is 5.89. The van der Waals surface area contributed by atoms with Crippen molar-refractivity contribution in [3.8, 4) is 0 Å². The molecule has 2 aromatic rings. The summed E-state index contributed by atoms with van der Waals surface area (Å²) in [5.41, 5.74) is 2.97. The molecule has 1 heterocycles. The molecule has 1 aliphatic carbocycles. The SMILES string of the molecule is CCc1ncc(NC(=O)NC2(C)Cc3ccccc3C2)cn1. The molecule has 0 radical (unpaired) electrons. The molecule has 22 heavy (non-hydrogen) atoms. The van der Waals surface area contributed by atoms with Crippen LogP contribution in [0.5, 0.6) is 0 Å². The summed E-state index contributed by atoms with van der Waals surface area (Å²) in [6.45, 7) is 4.07. The lowest BCUT2D eigenvalue weighted by Crippen LogP contribution is -2.48. The van der Waals surface area contributed by atoms with Gasteiger partial charge in [-0.3, -0.25) is 0 Å². The first kappa shape index (κ1) is 14.5. The van der Waals surface area contributed by atoms with Gasteiger partial charge in [-0.1, -0.05) is 31.2 Å². The summed E-state index contributed by atoms with van der Waals surface area (Å²) in [6.07, 6.45) is 5.75. The third-order valence-electron chi connectivity index (χ3n) is 3.97. The van der Waals surface area contributed by atoms with Gasteiger partial charge in [0.2, 0.25) is 0 Å². The number of anilines is 1. The Morgan fingerprint density at radius 3 is 2.32 bits per heavy atom. The van der Waals surface area contributed by atoms with Gasteiger partial charge in [0.15, 0.2) is 0 Å². The molecule has 2 amide bonds. The fraction of sp³-hybridized carbons (Fsp3) is 0.353. The van der Waals surface area contributed by atoms with E-state index < -0.39 is 0 Å². The largest absolute Gasteiger partial charge is 0.332 e. The Hall–Kier alpha value is -2.43. The van der Waals surface area contributed by atoms with Crippen LogP contribution in [0.15, 0.2) is 36.7 Å². The number of amides is 2. The second-order valence-electron chi connectivity index (χ2n) is 6.00. The molecule has 0 unspecified atom stereocenters. The van der Waals surface area contributed by atoms with Crippen molar-refractivity contribution in [2.24, 2.45) is 0 Å². The molecular weight excluding hydrogens is 276 g/mol. The van der Waals surface area contributed by atoms with E-state index in [0.717, 1.165) is 25.1 Å². The van der Waals surface area contributed by atoms with Crippen LogP contribution in [-0.4, -0.2) is 21.5 Å². The van der Waals surface area contributed by atoms with Crippen molar-refractivity contribution in [1.82, 2.24) is 15.3 Å². The van der Waals surface area contributed by atoms with Gasteiger partial charge in [0.25, 0.3) is 0 Å². The number of carbonyl (C=O) groups is 1. The van der Waals surface area contributed by atoms with Crippen molar-refractivity contribution in [2.45, 2.75) is 38.6 Å². The summed E-state index contributed by atoms with van der Waals surface area (Å²) in [5.74, 6) is 0.768. The van der Waals surface area contributed by atoms with Crippen molar-refractivity contribution in [3.05, 3.63) is 53.6 Å². The highest BCUT2D eigenvalue weighted by atomic mass is 16.2. The first-order valence-electron chi connectivity index (χ1n) is 7.55. The highest BCUT2D eigenvalue weighted by Crippen LogP contribution is 2.29. The molecule has 0 atom stereocenters. The van der Waals surface area contributed by atoms with Gasteiger partial charge in [-0.05, 0) is 30.9 Å². The predicted molar refractivity (Wildman–Crippen MR) is 85.8 cm³/mol. The number of nitrogens with zero attached hydrogens (tertiary/aromatic N) is 2. The first-order chi connectivity index (χ1) is 10.6. The molecule has 1 aromatic heterocycles. The molecule has 5 heteroatoms. The zero-order valence-corrected chi connectivity index (χ0v) is 12.9.